The molecule has 1 aromatic heterocycles. The predicted octanol–water partition coefficient (Wildman–Crippen LogP) is 8.60. The summed E-state index contributed by atoms with van der Waals surface area (Å²) >= 11 is 0. The molecule has 36 heavy (non-hydrogen) atoms. The molecule has 0 aliphatic rings. The summed E-state index contributed by atoms with van der Waals surface area (Å²) in [7, 11) is 0. The van der Waals surface area contributed by atoms with Crippen LogP contribution >= 0.6 is 0 Å². The average Bonchev–Trinajstić information content (AvgIpc) is 2.90. The minimum Gasteiger partial charge on any atom is -0.379 e. The lowest BCUT2D eigenvalue weighted by Crippen LogP contribution is -2.08. The van der Waals surface area contributed by atoms with Crippen molar-refractivity contribution in [2.75, 3.05) is 6.61 Å². The second-order valence-electron chi connectivity index (χ2n) is 9.03. The first-order valence-electron chi connectivity index (χ1n) is 12.8. The second kappa shape index (κ2) is 14.4. The largest absolute Gasteiger partial charge is 0.379 e. The van der Waals surface area contributed by atoms with Gasteiger partial charge in [0.15, 0.2) is 17.5 Å². The van der Waals surface area contributed by atoms with Crippen LogP contribution in [-0.2, 0) is 11.2 Å². The number of ether oxygens (including phenoxy) is 1. The molecule has 1 heterocycles. The third-order valence-electron chi connectivity index (χ3n) is 6.10. The van der Waals surface area contributed by atoms with Crippen molar-refractivity contribution in [1.29, 1.82) is 0 Å². The number of nitrogens with zero attached hydrogens (tertiary/aromatic N) is 2. The van der Waals surface area contributed by atoms with Crippen LogP contribution in [0.5, 0.6) is 0 Å². The summed E-state index contributed by atoms with van der Waals surface area (Å²) in [5, 5.41) is 0. The van der Waals surface area contributed by atoms with Crippen molar-refractivity contribution in [3.05, 3.63) is 90.3 Å². The van der Waals surface area contributed by atoms with E-state index in [1.165, 1.54) is 25.2 Å². The standard InChI is InChI=1S/C31H36F2N2O/c1-4-6-10-20-36-23(3)12-8-7-9-13-24-14-16-26(17-15-24)31-34-21-27(22-35-31)28-19-18-25(11-5-2)29(32)30(28)33/h5,9,13-19,21-23H,2,4,6-8,10-12,20H2,1,3H3. The van der Waals surface area contributed by atoms with Gasteiger partial charge in [0.1, 0.15) is 0 Å². The fourth-order valence-electron chi connectivity index (χ4n) is 3.95. The molecule has 0 fully saturated rings. The first kappa shape index (κ1) is 27.4. The summed E-state index contributed by atoms with van der Waals surface area (Å²) in [4.78, 5) is 8.75. The molecule has 1 unspecified atom stereocenters. The number of hydrogen-bond donors (Lipinski definition) is 0. The SMILES string of the molecule is C=CCc1ccc(-c2cnc(-c3ccc(C=CCCCC(C)OCCCCC)cc3)nc2)c(F)c1F. The second-order valence-corrected chi connectivity index (χ2v) is 9.03. The highest BCUT2D eigenvalue weighted by Crippen LogP contribution is 2.27. The molecule has 3 nitrogen and oxygen atoms in total. The Bertz CT molecular complexity index is 1120. The van der Waals surface area contributed by atoms with Gasteiger partial charge in [-0.15, -0.1) is 6.58 Å². The zero-order valence-corrected chi connectivity index (χ0v) is 21.4. The zero-order valence-electron chi connectivity index (χ0n) is 21.4. The maximum Gasteiger partial charge on any atom is 0.167 e. The van der Waals surface area contributed by atoms with Crippen molar-refractivity contribution in [2.45, 2.75) is 64.9 Å². The molecule has 0 amide bonds. The first-order chi connectivity index (χ1) is 17.5. The fourth-order valence-corrected chi connectivity index (χ4v) is 3.95. The van der Waals surface area contributed by atoms with E-state index in [9.17, 15) is 8.78 Å². The molecule has 0 radical (unpaired) electrons. The monoisotopic (exact) mass is 490 g/mol. The normalized spacial score (nSPS) is 12.2. The highest BCUT2D eigenvalue weighted by Gasteiger charge is 2.15. The molecule has 190 valence electrons. The van der Waals surface area contributed by atoms with E-state index in [4.69, 9.17) is 4.74 Å². The number of allylic oxidation sites excluding steroid dienone is 2. The van der Waals surface area contributed by atoms with E-state index < -0.39 is 11.6 Å². The molecule has 5 heteroatoms. The Labute approximate surface area is 214 Å². The summed E-state index contributed by atoms with van der Waals surface area (Å²) < 4.78 is 34.7. The lowest BCUT2D eigenvalue weighted by atomic mass is 10.0. The molecule has 0 aliphatic carbocycles. The van der Waals surface area contributed by atoms with Gasteiger partial charge in [-0.25, -0.2) is 18.7 Å². The molecule has 3 rings (SSSR count). The number of rotatable bonds is 14. The number of benzene rings is 2. The van der Waals surface area contributed by atoms with Crippen molar-refractivity contribution in [2.24, 2.45) is 0 Å². The summed E-state index contributed by atoms with van der Waals surface area (Å²) in [6, 6.07) is 11.1. The van der Waals surface area contributed by atoms with E-state index in [-0.39, 0.29) is 17.5 Å². The van der Waals surface area contributed by atoms with Crippen LogP contribution in [0.2, 0.25) is 0 Å². The van der Waals surface area contributed by atoms with Gasteiger partial charge < -0.3 is 4.74 Å². The van der Waals surface area contributed by atoms with Crippen molar-refractivity contribution in [3.8, 4) is 22.5 Å². The van der Waals surface area contributed by atoms with Crippen LogP contribution < -0.4 is 0 Å². The lowest BCUT2D eigenvalue weighted by molar-refractivity contribution is 0.0566. The van der Waals surface area contributed by atoms with E-state index in [0.29, 0.717) is 17.5 Å². The fraction of sp³-hybridized carbons (Fsp3) is 0.355. The van der Waals surface area contributed by atoms with Gasteiger partial charge in [0.25, 0.3) is 0 Å². The van der Waals surface area contributed by atoms with Crippen molar-refractivity contribution >= 4 is 6.08 Å². The lowest BCUT2D eigenvalue weighted by Gasteiger charge is -2.12. The van der Waals surface area contributed by atoms with Crippen LogP contribution in [0.4, 0.5) is 8.78 Å². The van der Waals surface area contributed by atoms with Gasteiger partial charge >= 0.3 is 0 Å². The van der Waals surface area contributed by atoms with Crippen molar-refractivity contribution in [1.82, 2.24) is 9.97 Å². The van der Waals surface area contributed by atoms with Gasteiger partial charge in [-0.2, -0.15) is 0 Å². The number of unbranched alkanes of at least 4 members (excludes halogenated alkanes) is 3. The van der Waals surface area contributed by atoms with Gasteiger partial charge in [-0.3, -0.25) is 0 Å². The molecule has 1 atom stereocenters. The van der Waals surface area contributed by atoms with Crippen LogP contribution in [0.25, 0.3) is 28.6 Å². The summed E-state index contributed by atoms with van der Waals surface area (Å²) in [5.74, 6) is -1.22. The summed E-state index contributed by atoms with van der Waals surface area (Å²) in [6.45, 7) is 8.79. The highest BCUT2D eigenvalue weighted by molar-refractivity contribution is 5.65. The van der Waals surface area contributed by atoms with E-state index >= 15 is 0 Å². The van der Waals surface area contributed by atoms with E-state index in [1.54, 1.807) is 18.2 Å². The third kappa shape index (κ3) is 7.92. The molecule has 0 aliphatic heterocycles. The third-order valence-corrected chi connectivity index (χ3v) is 6.10. The number of aromatic nitrogens is 2. The first-order valence-corrected chi connectivity index (χ1v) is 12.8. The van der Waals surface area contributed by atoms with E-state index in [0.717, 1.165) is 43.4 Å². The minimum absolute atomic E-state index is 0.143. The van der Waals surface area contributed by atoms with Crippen LogP contribution in [-0.4, -0.2) is 22.7 Å². The molecule has 2 aromatic carbocycles. The summed E-state index contributed by atoms with van der Waals surface area (Å²) in [5.41, 5.74) is 2.82. The maximum atomic E-state index is 14.5. The molecule has 0 N–H and O–H groups in total. The quantitative estimate of drug-likeness (QED) is 0.168. The maximum absolute atomic E-state index is 14.5. The molecule has 0 saturated heterocycles. The molecule has 0 saturated carbocycles. The van der Waals surface area contributed by atoms with Crippen LogP contribution in [0.15, 0.2) is 67.5 Å². The predicted molar refractivity (Wildman–Crippen MR) is 145 cm³/mol. The number of hydrogen-bond acceptors (Lipinski definition) is 3. The van der Waals surface area contributed by atoms with Crippen LogP contribution in [0.3, 0.4) is 0 Å². The zero-order chi connectivity index (χ0) is 25.8. The van der Waals surface area contributed by atoms with Gasteiger partial charge in [-0.1, -0.05) is 74.4 Å². The molecular weight excluding hydrogens is 454 g/mol. The van der Waals surface area contributed by atoms with E-state index in [1.807, 2.05) is 24.3 Å². The Kier molecular flexibility index (Phi) is 11.0. The molecular formula is C31H36F2N2O. The van der Waals surface area contributed by atoms with Crippen molar-refractivity contribution < 1.29 is 13.5 Å². The molecule has 0 spiro atoms. The average molecular weight is 491 g/mol. The highest BCUT2D eigenvalue weighted by atomic mass is 19.2. The summed E-state index contributed by atoms with van der Waals surface area (Å²) in [6.07, 6.45) is 16.3. The van der Waals surface area contributed by atoms with Crippen LogP contribution in [0, 0.1) is 11.6 Å². The van der Waals surface area contributed by atoms with Gasteiger partial charge in [0.05, 0.1) is 6.10 Å². The Morgan fingerprint density at radius 2 is 1.69 bits per heavy atom. The number of halogens is 2. The molecule has 3 aromatic rings. The minimum atomic E-state index is -0.893. The Balaban J connectivity index is 1.52. The van der Waals surface area contributed by atoms with Gasteiger partial charge in [0, 0.05) is 35.7 Å². The van der Waals surface area contributed by atoms with Crippen molar-refractivity contribution in [3.63, 3.8) is 0 Å². The van der Waals surface area contributed by atoms with E-state index in [2.05, 4.69) is 42.5 Å². The van der Waals surface area contributed by atoms with Gasteiger partial charge in [0.2, 0.25) is 0 Å². The van der Waals surface area contributed by atoms with Crippen LogP contribution in [0.1, 0.15) is 63.5 Å². The smallest absolute Gasteiger partial charge is 0.167 e. The molecule has 0 bridgehead atoms. The Morgan fingerprint density at radius 1 is 0.944 bits per heavy atom. The Hall–Kier alpha value is -3.18. The Morgan fingerprint density at radius 3 is 2.39 bits per heavy atom. The topological polar surface area (TPSA) is 35.0 Å². The van der Waals surface area contributed by atoms with Gasteiger partial charge in [-0.05, 0) is 50.2 Å².